The van der Waals surface area contributed by atoms with Crippen LogP contribution in [0.5, 0.6) is 5.75 Å². The maximum absolute atomic E-state index is 12.4. The molecule has 0 radical (unpaired) electrons. The predicted molar refractivity (Wildman–Crippen MR) is 73.6 cm³/mol. The van der Waals surface area contributed by atoms with Crippen LogP contribution in [-0.2, 0) is 10.0 Å². The zero-order valence-corrected chi connectivity index (χ0v) is 12.2. The molecule has 1 aromatic carbocycles. The number of benzene rings is 1. The van der Waals surface area contributed by atoms with Gasteiger partial charge in [0.05, 0.1) is 30.2 Å². The number of methoxy groups -OCH3 is 1. The Morgan fingerprint density at radius 3 is 2.57 bits per heavy atom. The molecular formula is C12H16N2O6S. The number of nitrogens with zero attached hydrogens (tertiary/aromatic N) is 1. The summed E-state index contributed by atoms with van der Waals surface area (Å²) in [4.78, 5) is 9.85. The van der Waals surface area contributed by atoms with E-state index in [-0.39, 0.29) is 12.4 Å². The lowest BCUT2D eigenvalue weighted by atomic mass is 9.78. The van der Waals surface area contributed by atoms with Crippen molar-refractivity contribution in [2.75, 3.05) is 13.7 Å². The molecule has 0 atom stereocenters. The molecule has 1 saturated carbocycles. The highest BCUT2D eigenvalue weighted by Crippen LogP contribution is 2.35. The van der Waals surface area contributed by atoms with Crippen LogP contribution in [-0.4, -0.2) is 37.7 Å². The Balaban J connectivity index is 2.42. The summed E-state index contributed by atoms with van der Waals surface area (Å²) in [6, 6.07) is 3.53. The van der Waals surface area contributed by atoms with Gasteiger partial charge in [-0.15, -0.1) is 0 Å². The molecule has 2 rings (SSSR count). The van der Waals surface area contributed by atoms with Gasteiger partial charge in [0.25, 0.3) is 5.69 Å². The Labute approximate surface area is 121 Å². The Morgan fingerprint density at radius 2 is 2.14 bits per heavy atom. The Morgan fingerprint density at radius 1 is 1.48 bits per heavy atom. The molecule has 1 aliphatic rings. The number of nitro groups is 1. The van der Waals surface area contributed by atoms with Crippen molar-refractivity contribution in [3.63, 3.8) is 0 Å². The van der Waals surface area contributed by atoms with E-state index in [9.17, 15) is 23.6 Å². The number of sulfonamides is 1. The van der Waals surface area contributed by atoms with Gasteiger partial charge in [0.1, 0.15) is 5.75 Å². The number of aliphatic hydroxyl groups excluding tert-OH is 1. The molecule has 0 unspecified atom stereocenters. The molecular weight excluding hydrogens is 300 g/mol. The van der Waals surface area contributed by atoms with Crippen LogP contribution in [0, 0.1) is 10.1 Å². The standard InChI is InChI=1S/C12H16N2O6S/c1-20-9-3-4-11(10(7-9)14(16)17)21(18,19)13-12(8-15)5-2-6-12/h3-4,7,13,15H,2,5-6,8H2,1H3. The summed E-state index contributed by atoms with van der Waals surface area (Å²) in [6.45, 7) is -0.337. The fourth-order valence-electron chi connectivity index (χ4n) is 2.23. The van der Waals surface area contributed by atoms with Crippen LogP contribution in [0.3, 0.4) is 0 Å². The average Bonchev–Trinajstić information content (AvgIpc) is 2.42. The summed E-state index contributed by atoms with van der Waals surface area (Å²) in [7, 11) is -2.76. The van der Waals surface area contributed by atoms with E-state index in [1.54, 1.807) is 0 Å². The Kier molecular flexibility index (Phi) is 4.17. The molecule has 0 aromatic heterocycles. The first-order valence-electron chi connectivity index (χ1n) is 6.31. The number of ether oxygens (including phenoxy) is 1. The number of aliphatic hydroxyl groups is 1. The minimum Gasteiger partial charge on any atom is -0.497 e. The van der Waals surface area contributed by atoms with Crippen LogP contribution in [0.2, 0.25) is 0 Å². The fourth-order valence-corrected chi connectivity index (χ4v) is 3.83. The highest BCUT2D eigenvalue weighted by atomic mass is 32.2. The van der Waals surface area contributed by atoms with Crippen LogP contribution < -0.4 is 9.46 Å². The molecule has 1 aliphatic carbocycles. The van der Waals surface area contributed by atoms with Crippen LogP contribution in [0.4, 0.5) is 5.69 Å². The normalized spacial score (nSPS) is 17.0. The minimum atomic E-state index is -4.10. The smallest absolute Gasteiger partial charge is 0.293 e. The average molecular weight is 316 g/mol. The van der Waals surface area contributed by atoms with E-state index < -0.39 is 31.1 Å². The van der Waals surface area contributed by atoms with Gasteiger partial charge in [-0.2, -0.15) is 0 Å². The van der Waals surface area contributed by atoms with Gasteiger partial charge in [-0.1, -0.05) is 0 Å². The number of hydrogen-bond donors (Lipinski definition) is 2. The topological polar surface area (TPSA) is 119 Å². The van der Waals surface area contributed by atoms with Crippen LogP contribution >= 0.6 is 0 Å². The van der Waals surface area contributed by atoms with Crippen molar-refractivity contribution in [2.24, 2.45) is 0 Å². The molecule has 21 heavy (non-hydrogen) atoms. The van der Waals surface area contributed by atoms with E-state index in [0.717, 1.165) is 18.6 Å². The first-order valence-corrected chi connectivity index (χ1v) is 7.79. The molecule has 0 heterocycles. The van der Waals surface area contributed by atoms with E-state index in [4.69, 9.17) is 4.74 Å². The van der Waals surface area contributed by atoms with Gasteiger partial charge in [0, 0.05) is 0 Å². The molecule has 116 valence electrons. The summed E-state index contributed by atoms with van der Waals surface area (Å²) in [5, 5.41) is 20.4. The largest absolute Gasteiger partial charge is 0.497 e. The van der Waals surface area contributed by atoms with E-state index in [2.05, 4.69) is 4.72 Å². The highest BCUT2D eigenvalue weighted by Gasteiger charge is 2.41. The monoisotopic (exact) mass is 316 g/mol. The first kappa shape index (κ1) is 15.7. The van der Waals surface area contributed by atoms with Gasteiger partial charge in [0.15, 0.2) is 4.90 Å². The molecule has 0 bridgehead atoms. The molecule has 0 saturated heterocycles. The van der Waals surface area contributed by atoms with Gasteiger partial charge < -0.3 is 9.84 Å². The van der Waals surface area contributed by atoms with Gasteiger partial charge >= 0.3 is 0 Å². The number of nitro benzene ring substituents is 1. The SMILES string of the molecule is COc1ccc(S(=O)(=O)NC2(CO)CCC2)c([N+](=O)[O-])c1. The molecule has 0 spiro atoms. The Hall–Kier alpha value is -1.71. The molecule has 1 aromatic rings. The zero-order chi connectivity index (χ0) is 15.7. The van der Waals surface area contributed by atoms with Gasteiger partial charge in [0.2, 0.25) is 10.0 Å². The summed E-state index contributed by atoms with van der Waals surface area (Å²) >= 11 is 0. The van der Waals surface area contributed by atoms with E-state index in [1.165, 1.54) is 13.2 Å². The van der Waals surface area contributed by atoms with Gasteiger partial charge in [-0.25, -0.2) is 13.1 Å². The van der Waals surface area contributed by atoms with Crippen LogP contribution in [0.1, 0.15) is 19.3 Å². The van der Waals surface area contributed by atoms with Gasteiger partial charge in [-0.3, -0.25) is 10.1 Å². The van der Waals surface area contributed by atoms with Crippen LogP contribution in [0.25, 0.3) is 0 Å². The summed E-state index contributed by atoms with van der Waals surface area (Å²) in [5.74, 6) is 0.196. The van der Waals surface area contributed by atoms with Crippen molar-refractivity contribution in [3.05, 3.63) is 28.3 Å². The van der Waals surface area contributed by atoms with E-state index >= 15 is 0 Å². The second kappa shape index (κ2) is 5.58. The van der Waals surface area contributed by atoms with Crippen molar-refractivity contribution in [3.8, 4) is 5.75 Å². The van der Waals surface area contributed by atoms with Crippen molar-refractivity contribution in [2.45, 2.75) is 29.7 Å². The minimum absolute atomic E-state index is 0.196. The lowest BCUT2D eigenvalue weighted by Gasteiger charge is -2.40. The van der Waals surface area contributed by atoms with E-state index in [1.807, 2.05) is 0 Å². The second-order valence-electron chi connectivity index (χ2n) is 4.99. The third-order valence-corrected chi connectivity index (χ3v) is 5.24. The molecule has 2 N–H and O–H groups in total. The number of nitrogens with one attached hydrogen (secondary N) is 1. The van der Waals surface area contributed by atoms with Crippen molar-refractivity contribution < 1.29 is 23.2 Å². The summed E-state index contributed by atoms with van der Waals surface area (Å²) < 4.78 is 32.0. The first-order chi connectivity index (χ1) is 9.83. The molecule has 0 aliphatic heterocycles. The molecule has 8 nitrogen and oxygen atoms in total. The summed E-state index contributed by atoms with van der Waals surface area (Å²) in [6.07, 6.45) is 1.81. The van der Waals surface area contributed by atoms with Crippen molar-refractivity contribution in [1.29, 1.82) is 0 Å². The van der Waals surface area contributed by atoms with Crippen molar-refractivity contribution in [1.82, 2.24) is 4.72 Å². The molecule has 1 fully saturated rings. The van der Waals surface area contributed by atoms with E-state index in [0.29, 0.717) is 12.8 Å². The third-order valence-electron chi connectivity index (χ3n) is 3.62. The summed E-state index contributed by atoms with van der Waals surface area (Å²) in [5.41, 5.74) is -1.47. The fraction of sp³-hybridized carbons (Fsp3) is 0.500. The highest BCUT2D eigenvalue weighted by molar-refractivity contribution is 7.89. The lowest BCUT2D eigenvalue weighted by Crippen LogP contribution is -2.56. The zero-order valence-electron chi connectivity index (χ0n) is 11.4. The van der Waals surface area contributed by atoms with Gasteiger partial charge in [-0.05, 0) is 31.4 Å². The predicted octanol–water partition coefficient (Wildman–Crippen LogP) is 0.797. The van der Waals surface area contributed by atoms with Crippen molar-refractivity contribution >= 4 is 15.7 Å². The third kappa shape index (κ3) is 2.99. The Bertz CT molecular complexity index is 648. The lowest BCUT2D eigenvalue weighted by molar-refractivity contribution is -0.387. The second-order valence-corrected chi connectivity index (χ2v) is 6.64. The quantitative estimate of drug-likeness (QED) is 0.592. The maximum atomic E-state index is 12.4. The number of rotatable bonds is 6. The molecule has 9 heteroatoms. The maximum Gasteiger partial charge on any atom is 0.293 e. The van der Waals surface area contributed by atoms with Crippen LogP contribution in [0.15, 0.2) is 23.1 Å². The molecule has 0 amide bonds. The number of hydrogen-bond acceptors (Lipinski definition) is 6.